The third-order valence-corrected chi connectivity index (χ3v) is 6.38. The predicted octanol–water partition coefficient (Wildman–Crippen LogP) is 3.08. The van der Waals surface area contributed by atoms with Crippen LogP contribution < -0.4 is 29.4 Å². The zero-order chi connectivity index (χ0) is 26.0. The van der Waals surface area contributed by atoms with Crippen LogP contribution in [0.15, 0.2) is 46.3 Å². The molecule has 0 saturated carbocycles. The smallest absolute Gasteiger partial charge is 0.325 e. The summed E-state index contributed by atoms with van der Waals surface area (Å²) in [6, 6.07) is 10.5. The van der Waals surface area contributed by atoms with Gasteiger partial charge in [0.05, 0.1) is 31.0 Å². The minimum atomic E-state index is -0.839. The third kappa shape index (κ3) is 4.30. The van der Waals surface area contributed by atoms with E-state index < -0.39 is 12.1 Å². The summed E-state index contributed by atoms with van der Waals surface area (Å²) in [5, 5.41) is 5.07. The molecule has 4 rings (SSSR count). The van der Waals surface area contributed by atoms with Gasteiger partial charge in [-0.3, -0.25) is 19.4 Å². The largest absolute Gasteiger partial charge is 0.493 e. The number of para-hydroxylation sites is 1. The number of carbonyl (C=O) groups is 2. The topological polar surface area (TPSA) is 115 Å². The van der Waals surface area contributed by atoms with Crippen LogP contribution in [0.3, 0.4) is 0 Å². The molecule has 1 atom stereocenters. The van der Waals surface area contributed by atoms with Crippen LogP contribution in [-0.2, 0) is 9.59 Å². The fourth-order valence-electron chi connectivity index (χ4n) is 4.14. The summed E-state index contributed by atoms with van der Waals surface area (Å²) >= 11 is 1.28. The second-order valence-electron chi connectivity index (χ2n) is 7.85. The molecule has 188 valence electrons. The van der Waals surface area contributed by atoms with Gasteiger partial charge < -0.3 is 14.2 Å². The van der Waals surface area contributed by atoms with Crippen LogP contribution in [0.4, 0.5) is 5.69 Å². The van der Waals surface area contributed by atoms with Gasteiger partial charge in [-0.25, -0.2) is 4.90 Å². The number of carbonyl (C=O) groups excluding carboxylic acids is 2. The molecule has 0 radical (unpaired) electrons. The monoisotopic (exact) mass is 511 g/mol. The Morgan fingerprint density at radius 1 is 1.11 bits per heavy atom. The van der Waals surface area contributed by atoms with E-state index >= 15 is 0 Å². The highest BCUT2D eigenvalue weighted by Crippen LogP contribution is 2.43. The quantitative estimate of drug-likeness (QED) is 0.223. The summed E-state index contributed by atoms with van der Waals surface area (Å²) in [4.78, 5) is 43.1. The summed E-state index contributed by atoms with van der Waals surface area (Å²) in [5.74, 6) is -0.00452. The molecule has 0 spiro atoms. The fourth-order valence-corrected chi connectivity index (χ4v) is 4.50. The van der Waals surface area contributed by atoms with Crippen molar-refractivity contribution < 1.29 is 28.5 Å². The van der Waals surface area contributed by atoms with Gasteiger partial charge in [-0.15, -0.1) is 0 Å². The van der Waals surface area contributed by atoms with Crippen molar-refractivity contribution in [2.24, 2.45) is 0 Å². The van der Waals surface area contributed by atoms with E-state index in [1.807, 2.05) is 12.1 Å². The molecule has 1 N–H and O–H groups in total. The molecular weight excluding hydrogens is 484 g/mol. The minimum Gasteiger partial charge on any atom is -0.493 e. The number of H-pyrrole nitrogens is 1. The molecule has 10 nitrogen and oxygen atoms in total. The first kappa shape index (κ1) is 25.2. The van der Waals surface area contributed by atoms with Crippen molar-refractivity contribution in [3.05, 3.63) is 52.3 Å². The maximum absolute atomic E-state index is 13.4. The molecular formula is C25H27N4O6S+. The first-order chi connectivity index (χ1) is 17.4. The van der Waals surface area contributed by atoms with Gasteiger partial charge in [0.2, 0.25) is 16.8 Å². The van der Waals surface area contributed by atoms with Gasteiger partial charge in [-0.2, -0.15) is 0 Å². The van der Waals surface area contributed by atoms with Crippen molar-refractivity contribution in [2.75, 3.05) is 25.4 Å². The van der Waals surface area contributed by atoms with Gasteiger partial charge in [0, 0.05) is 17.9 Å². The zero-order valence-electron chi connectivity index (χ0n) is 20.7. The summed E-state index contributed by atoms with van der Waals surface area (Å²) < 4.78 is 18.1. The number of aromatic amines is 1. The molecule has 1 aliphatic heterocycles. The summed E-state index contributed by atoms with van der Waals surface area (Å²) in [6.45, 7) is 3.46. The number of rotatable bonds is 7. The van der Waals surface area contributed by atoms with Crippen molar-refractivity contribution in [1.29, 1.82) is 0 Å². The molecule has 2 aromatic carbocycles. The standard InChI is InChI=1S/C25H26N4O6S/c1-6-19(30)28-16-11-9-8-10-15(16)21-23(32)26-25(36-5)27-29(21)24(28)14-12-17(33-3)22(18(13-14)34-4)35-20(31)7-2/h8-13,24H,6-7H2,1-5H3/p+1/t24-/m0/s1. The van der Waals surface area contributed by atoms with E-state index in [0.717, 1.165) is 0 Å². The number of nitrogens with zero attached hydrogens (tertiary/aromatic N) is 3. The average Bonchev–Trinajstić information content (AvgIpc) is 2.91. The lowest BCUT2D eigenvalue weighted by Gasteiger charge is -2.32. The molecule has 11 heteroatoms. The SMILES string of the molecule is CCC(=O)Oc1c(OC)cc([C@H]2N(C(=O)CC)c3ccccc3-c3c(=O)[nH]c(SC)n[n+]32)cc1OC. The van der Waals surface area contributed by atoms with Gasteiger partial charge >= 0.3 is 17.2 Å². The Kier molecular flexibility index (Phi) is 7.30. The second kappa shape index (κ2) is 10.4. The number of hydrogen-bond donors (Lipinski definition) is 1. The highest BCUT2D eigenvalue weighted by molar-refractivity contribution is 7.98. The van der Waals surface area contributed by atoms with Crippen LogP contribution in [0, 0.1) is 0 Å². The highest BCUT2D eigenvalue weighted by Gasteiger charge is 2.46. The van der Waals surface area contributed by atoms with Crippen LogP contribution in [0.25, 0.3) is 11.3 Å². The van der Waals surface area contributed by atoms with E-state index in [2.05, 4.69) is 10.1 Å². The van der Waals surface area contributed by atoms with Crippen LogP contribution >= 0.6 is 11.8 Å². The molecule has 1 aliphatic rings. The van der Waals surface area contributed by atoms with Gasteiger partial charge in [0.25, 0.3) is 6.17 Å². The third-order valence-electron chi connectivity index (χ3n) is 5.81. The van der Waals surface area contributed by atoms with Crippen molar-refractivity contribution in [2.45, 2.75) is 38.0 Å². The fraction of sp³-hybridized carbons (Fsp3) is 0.320. The highest BCUT2D eigenvalue weighted by atomic mass is 32.2. The Morgan fingerprint density at radius 3 is 2.36 bits per heavy atom. The van der Waals surface area contributed by atoms with E-state index in [0.29, 0.717) is 27.7 Å². The number of benzene rings is 2. The Balaban J connectivity index is 2.05. The lowest BCUT2D eigenvalue weighted by atomic mass is 10.0. The van der Waals surface area contributed by atoms with Crippen molar-refractivity contribution in [3.8, 4) is 28.5 Å². The Hall–Kier alpha value is -3.86. The maximum atomic E-state index is 13.4. The Bertz CT molecular complexity index is 1360. The number of esters is 1. The van der Waals surface area contributed by atoms with Gasteiger partial charge in [-0.05, 0) is 35.2 Å². The van der Waals surface area contributed by atoms with Crippen molar-refractivity contribution in [3.63, 3.8) is 0 Å². The molecule has 2 heterocycles. The molecule has 0 unspecified atom stereocenters. The molecule has 0 bridgehead atoms. The molecule has 1 aromatic heterocycles. The number of ether oxygens (including phenoxy) is 3. The molecule has 3 aromatic rings. The number of nitrogens with one attached hydrogen (secondary N) is 1. The predicted molar refractivity (Wildman–Crippen MR) is 134 cm³/mol. The van der Waals surface area contributed by atoms with Crippen LogP contribution in [0.5, 0.6) is 17.2 Å². The number of fused-ring (bicyclic) bond motifs is 3. The number of aromatic nitrogens is 3. The lowest BCUT2D eigenvalue weighted by Crippen LogP contribution is -2.60. The van der Waals surface area contributed by atoms with E-state index in [9.17, 15) is 14.4 Å². The summed E-state index contributed by atoms with van der Waals surface area (Å²) in [6.07, 6.45) is 1.35. The van der Waals surface area contributed by atoms with E-state index in [1.165, 1.54) is 26.0 Å². The average molecular weight is 512 g/mol. The summed E-state index contributed by atoms with van der Waals surface area (Å²) in [7, 11) is 2.89. The molecule has 0 saturated heterocycles. The van der Waals surface area contributed by atoms with Crippen molar-refractivity contribution >= 4 is 29.3 Å². The molecule has 0 aliphatic carbocycles. The number of anilines is 1. The molecule has 0 fully saturated rings. The number of methoxy groups -OCH3 is 2. The zero-order valence-corrected chi connectivity index (χ0v) is 21.5. The van der Waals surface area contributed by atoms with Crippen LogP contribution in [-0.4, -0.2) is 42.4 Å². The van der Waals surface area contributed by atoms with Gasteiger partial charge in [0.1, 0.15) is 0 Å². The Labute approximate surface area is 212 Å². The van der Waals surface area contributed by atoms with E-state index in [4.69, 9.17) is 14.2 Å². The van der Waals surface area contributed by atoms with E-state index in [1.54, 1.807) is 54.0 Å². The Morgan fingerprint density at radius 2 is 1.78 bits per heavy atom. The van der Waals surface area contributed by atoms with Gasteiger partial charge in [-0.1, -0.05) is 37.7 Å². The number of amides is 1. The lowest BCUT2D eigenvalue weighted by molar-refractivity contribution is -0.763. The second-order valence-corrected chi connectivity index (χ2v) is 8.64. The van der Waals surface area contributed by atoms with Crippen LogP contribution in [0.1, 0.15) is 38.4 Å². The first-order valence-corrected chi connectivity index (χ1v) is 12.6. The number of hydrogen-bond acceptors (Lipinski definition) is 8. The normalized spacial score (nSPS) is 14.0. The van der Waals surface area contributed by atoms with Gasteiger partial charge in [0.15, 0.2) is 11.5 Å². The van der Waals surface area contributed by atoms with E-state index in [-0.39, 0.29) is 41.6 Å². The molecule has 1 amide bonds. The minimum absolute atomic E-state index is 0.133. The van der Waals surface area contributed by atoms with Crippen molar-refractivity contribution in [1.82, 2.24) is 10.1 Å². The molecule has 36 heavy (non-hydrogen) atoms. The number of thioether (sulfide) groups is 1. The van der Waals surface area contributed by atoms with Crippen LogP contribution in [0.2, 0.25) is 0 Å². The summed E-state index contributed by atoms with van der Waals surface area (Å²) in [5.41, 5.74) is 1.70. The maximum Gasteiger partial charge on any atom is 0.325 e. The first-order valence-electron chi connectivity index (χ1n) is 11.4.